The number of carbonyl (C=O) groups is 4. The van der Waals surface area contributed by atoms with Crippen LogP contribution in [0, 0.1) is 0 Å². The maximum atomic E-state index is 12.7. The second-order valence-electron chi connectivity index (χ2n) is 6.77. The number of benzene rings is 1. The van der Waals surface area contributed by atoms with Crippen molar-refractivity contribution in [3.8, 4) is 0 Å². The highest BCUT2D eigenvalue weighted by molar-refractivity contribution is 5.97. The maximum Gasteiger partial charge on any atom is 0.407 e. The molecule has 0 unspecified atom stereocenters. The highest BCUT2D eigenvalue weighted by Crippen LogP contribution is 2.29. The molecular formula is C19H25N3O6. The van der Waals surface area contributed by atoms with Gasteiger partial charge in [-0.05, 0) is 25.8 Å². The van der Waals surface area contributed by atoms with Crippen LogP contribution >= 0.6 is 0 Å². The highest BCUT2D eigenvalue weighted by Gasteiger charge is 2.50. The predicted molar refractivity (Wildman–Crippen MR) is 99.5 cm³/mol. The molecule has 0 aliphatic carbocycles. The molecule has 1 aliphatic heterocycles. The monoisotopic (exact) mass is 391 g/mol. The Hall–Kier alpha value is -2.94. The van der Waals surface area contributed by atoms with E-state index in [1.54, 1.807) is 6.92 Å². The fourth-order valence-electron chi connectivity index (χ4n) is 2.55. The minimum Gasteiger partial charge on any atom is -0.453 e. The number of carbonyl (C=O) groups excluding carboxylic acids is 4. The van der Waals surface area contributed by atoms with Crippen molar-refractivity contribution in [2.24, 2.45) is 0 Å². The van der Waals surface area contributed by atoms with Gasteiger partial charge < -0.3 is 25.4 Å². The van der Waals surface area contributed by atoms with E-state index >= 15 is 0 Å². The van der Waals surface area contributed by atoms with Crippen LogP contribution in [0.25, 0.3) is 0 Å². The van der Waals surface area contributed by atoms with E-state index in [0.717, 1.165) is 5.56 Å². The summed E-state index contributed by atoms with van der Waals surface area (Å²) in [6.07, 6.45) is -0.434. The summed E-state index contributed by atoms with van der Waals surface area (Å²) in [5.74, 6) is -1.28. The first kappa shape index (κ1) is 21.4. The number of ketones is 1. The van der Waals surface area contributed by atoms with Gasteiger partial charge in [0.2, 0.25) is 11.8 Å². The van der Waals surface area contributed by atoms with Crippen molar-refractivity contribution in [2.75, 3.05) is 20.3 Å². The molecule has 0 spiro atoms. The number of alkyl carbamates (subject to hydrolysis) is 1. The lowest BCUT2D eigenvalue weighted by molar-refractivity contribution is -0.131. The molecule has 9 nitrogen and oxygen atoms in total. The van der Waals surface area contributed by atoms with E-state index < -0.39 is 35.6 Å². The Morgan fingerprint density at radius 3 is 2.39 bits per heavy atom. The standard InChI is InChI=1S/C19H25N3O6/c1-12(21-18(26)27-3)17(25)20-10-15(23)22-14(16(24)19(2)11-28-19)9-13-7-5-4-6-8-13/h4-8,12,14H,9-11H2,1-3H3,(H,20,25)(H,21,26)(H,22,23)/t12-,14+,19-/m1/s1. The number of rotatable bonds is 9. The molecule has 0 radical (unpaired) electrons. The number of Topliss-reactive ketones (excluding diaryl/α,β-unsaturated/α-hetero) is 1. The molecule has 0 aromatic heterocycles. The number of methoxy groups -OCH3 is 1. The number of amides is 3. The van der Waals surface area contributed by atoms with E-state index in [9.17, 15) is 19.2 Å². The summed E-state index contributed by atoms with van der Waals surface area (Å²) in [4.78, 5) is 48.0. The van der Waals surface area contributed by atoms with E-state index in [2.05, 4.69) is 20.7 Å². The molecule has 1 aliphatic rings. The summed E-state index contributed by atoms with van der Waals surface area (Å²) in [6.45, 7) is 3.13. The van der Waals surface area contributed by atoms with Crippen LogP contribution in [0.5, 0.6) is 0 Å². The molecule has 152 valence electrons. The first-order chi connectivity index (χ1) is 13.2. The van der Waals surface area contributed by atoms with Crippen LogP contribution in [0.3, 0.4) is 0 Å². The number of nitrogens with one attached hydrogen (secondary N) is 3. The summed E-state index contributed by atoms with van der Waals surface area (Å²) < 4.78 is 9.62. The van der Waals surface area contributed by atoms with Gasteiger partial charge in [-0.2, -0.15) is 0 Å². The Morgan fingerprint density at radius 1 is 1.18 bits per heavy atom. The van der Waals surface area contributed by atoms with Gasteiger partial charge >= 0.3 is 6.09 Å². The highest BCUT2D eigenvalue weighted by atomic mass is 16.6. The Bertz CT molecular complexity index is 732. The molecule has 3 amide bonds. The molecule has 3 atom stereocenters. The molecule has 1 heterocycles. The molecule has 28 heavy (non-hydrogen) atoms. The average Bonchev–Trinajstić information content (AvgIpc) is 3.44. The molecular weight excluding hydrogens is 366 g/mol. The summed E-state index contributed by atoms with van der Waals surface area (Å²) in [7, 11) is 1.18. The number of hydrogen-bond donors (Lipinski definition) is 3. The molecule has 1 aromatic rings. The van der Waals surface area contributed by atoms with Crippen molar-refractivity contribution in [1.82, 2.24) is 16.0 Å². The van der Waals surface area contributed by atoms with Crippen LogP contribution < -0.4 is 16.0 Å². The third kappa shape index (κ3) is 6.05. The van der Waals surface area contributed by atoms with Gasteiger partial charge in [-0.1, -0.05) is 30.3 Å². The number of hydrogen-bond acceptors (Lipinski definition) is 6. The van der Waals surface area contributed by atoms with Crippen molar-refractivity contribution in [3.63, 3.8) is 0 Å². The quantitative estimate of drug-likeness (QED) is 0.506. The SMILES string of the molecule is COC(=O)N[C@H](C)C(=O)NCC(=O)N[C@@H](Cc1ccccc1)C(=O)[C@@]1(C)CO1. The first-order valence-corrected chi connectivity index (χ1v) is 8.89. The van der Waals surface area contributed by atoms with E-state index in [4.69, 9.17) is 4.74 Å². The predicted octanol–water partition coefficient (Wildman–Crippen LogP) is -0.0674. The Balaban J connectivity index is 1.91. The van der Waals surface area contributed by atoms with E-state index in [1.807, 2.05) is 30.3 Å². The Labute approximate surface area is 163 Å². The summed E-state index contributed by atoms with van der Waals surface area (Å²) in [5, 5.41) is 7.37. The molecule has 0 bridgehead atoms. The van der Waals surface area contributed by atoms with Crippen molar-refractivity contribution < 1.29 is 28.7 Å². The molecule has 1 aromatic carbocycles. The van der Waals surface area contributed by atoms with Crippen LogP contribution in [0.1, 0.15) is 19.4 Å². The van der Waals surface area contributed by atoms with Gasteiger partial charge in [-0.3, -0.25) is 14.4 Å². The summed E-state index contributed by atoms with van der Waals surface area (Å²) in [5.41, 5.74) is 0.0138. The largest absolute Gasteiger partial charge is 0.453 e. The molecule has 1 fully saturated rings. The lowest BCUT2D eigenvalue weighted by Gasteiger charge is -2.20. The molecule has 2 rings (SSSR count). The van der Waals surface area contributed by atoms with Crippen LogP contribution in [0.4, 0.5) is 4.79 Å². The molecule has 1 saturated heterocycles. The fourth-order valence-corrected chi connectivity index (χ4v) is 2.55. The number of ether oxygens (including phenoxy) is 2. The van der Waals surface area contributed by atoms with Crippen LogP contribution in [0.15, 0.2) is 30.3 Å². The van der Waals surface area contributed by atoms with E-state index in [0.29, 0.717) is 13.0 Å². The van der Waals surface area contributed by atoms with Gasteiger partial charge in [0.05, 0.1) is 26.3 Å². The molecule has 0 saturated carbocycles. The van der Waals surface area contributed by atoms with Crippen LogP contribution in [0.2, 0.25) is 0 Å². The van der Waals surface area contributed by atoms with E-state index in [1.165, 1.54) is 14.0 Å². The fraction of sp³-hybridized carbons (Fsp3) is 0.474. The smallest absolute Gasteiger partial charge is 0.407 e. The zero-order valence-electron chi connectivity index (χ0n) is 16.1. The van der Waals surface area contributed by atoms with Gasteiger partial charge in [-0.15, -0.1) is 0 Å². The Kier molecular flexibility index (Phi) is 7.11. The van der Waals surface area contributed by atoms with Crippen molar-refractivity contribution >= 4 is 23.7 Å². The zero-order chi connectivity index (χ0) is 20.7. The molecule has 3 N–H and O–H groups in total. The minimum atomic E-state index is -0.880. The lowest BCUT2D eigenvalue weighted by Crippen LogP contribution is -2.52. The zero-order valence-corrected chi connectivity index (χ0v) is 16.1. The van der Waals surface area contributed by atoms with Gasteiger partial charge in [0.15, 0.2) is 5.78 Å². The van der Waals surface area contributed by atoms with Gasteiger partial charge in [0.1, 0.15) is 11.6 Å². The first-order valence-electron chi connectivity index (χ1n) is 8.89. The normalized spacial score (nSPS) is 19.7. The van der Waals surface area contributed by atoms with Crippen molar-refractivity contribution in [2.45, 2.75) is 38.0 Å². The van der Waals surface area contributed by atoms with Crippen LogP contribution in [-0.4, -0.2) is 61.6 Å². The second-order valence-corrected chi connectivity index (χ2v) is 6.77. The average molecular weight is 391 g/mol. The van der Waals surface area contributed by atoms with Gasteiger partial charge in [0.25, 0.3) is 0 Å². The minimum absolute atomic E-state index is 0.211. The summed E-state index contributed by atoms with van der Waals surface area (Å²) in [6, 6.07) is 7.65. The Morgan fingerprint density at radius 2 is 1.82 bits per heavy atom. The number of epoxide rings is 1. The van der Waals surface area contributed by atoms with Gasteiger partial charge in [-0.25, -0.2) is 4.79 Å². The lowest BCUT2D eigenvalue weighted by atomic mass is 9.95. The van der Waals surface area contributed by atoms with Crippen LogP contribution in [-0.2, 0) is 30.3 Å². The maximum absolute atomic E-state index is 12.7. The van der Waals surface area contributed by atoms with E-state index in [-0.39, 0.29) is 12.3 Å². The van der Waals surface area contributed by atoms with Crippen molar-refractivity contribution in [3.05, 3.63) is 35.9 Å². The molecule has 9 heteroatoms. The summed E-state index contributed by atoms with van der Waals surface area (Å²) >= 11 is 0. The topological polar surface area (TPSA) is 126 Å². The van der Waals surface area contributed by atoms with Gasteiger partial charge in [0, 0.05) is 0 Å². The van der Waals surface area contributed by atoms with Crippen molar-refractivity contribution in [1.29, 1.82) is 0 Å². The third-order valence-corrected chi connectivity index (χ3v) is 4.37. The second kappa shape index (κ2) is 9.32. The third-order valence-electron chi connectivity index (χ3n) is 4.37.